The van der Waals surface area contributed by atoms with Crippen molar-refractivity contribution in [3.8, 4) is 22.8 Å². The van der Waals surface area contributed by atoms with E-state index in [9.17, 15) is 4.79 Å². The molecule has 0 aliphatic rings. The summed E-state index contributed by atoms with van der Waals surface area (Å²) in [5, 5.41) is 2.63. The van der Waals surface area contributed by atoms with Gasteiger partial charge in [-0.1, -0.05) is 18.2 Å². The molecule has 0 aliphatic carbocycles. The van der Waals surface area contributed by atoms with Gasteiger partial charge in [0.1, 0.15) is 17.8 Å². The maximum atomic E-state index is 12.1. The van der Waals surface area contributed by atoms with Crippen LogP contribution in [0.2, 0.25) is 0 Å². The molecule has 0 unspecified atom stereocenters. The van der Waals surface area contributed by atoms with Crippen LogP contribution < -0.4 is 14.8 Å². The van der Waals surface area contributed by atoms with Crippen LogP contribution in [0.3, 0.4) is 0 Å². The highest BCUT2D eigenvalue weighted by molar-refractivity contribution is 5.97. The second-order valence-electron chi connectivity index (χ2n) is 5.89. The van der Waals surface area contributed by atoms with Gasteiger partial charge in [-0.05, 0) is 35.9 Å². The molecule has 0 aliphatic heterocycles. The van der Waals surface area contributed by atoms with E-state index in [2.05, 4.69) is 15.3 Å². The van der Waals surface area contributed by atoms with Gasteiger partial charge in [-0.3, -0.25) is 4.79 Å². The molecular formula is C21H21N3O3. The van der Waals surface area contributed by atoms with Gasteiger partial charge in [0.25, 0.3) is 5.91 Å². The minimum absolute atomic E-state index is 0.189. The average Bonchev–Trinajstić information content (AvgIpc) is 2.73. The van der Waals surface area contributed by atoms with Crippen LogP contribution in [-0.2, 0) is 6.42 Å². The number of benzene rings is 2. The Balaban J connectivity index is 1.92. The molecule has 1 N–H and O–H groups in total. The van der Waals surface area contributed by atoms with Gasteiger partial charge in [-0.2, -0.15) is 0 Å². The molecule has 1 heterocycles. The molecule has 1 aromatic heterocycles. The molecule has 0 saturated carbocycles. The van der Waals surface area contributed by atoms with E-state index in [1.807, 2.05) is 42.5 Å². The maximum absolute atomic E-state index is 12.1. The standard InChI is InChI=1S/C21H21N3O3/c1-22-21(25)17-11-14(8-9-20(17)27-3)10-15-12-18(24-13-23-15)16-6-4-5-7-19(16)26-2/h4-9,11-13H,10H2,1-3H3,(H,22,25). The summed E-state index contributed by atoms with van der Waals surface area (Å²) in [5.74, 6) is 1.11. The van der Waals surface area contributed by atoms with Gasteiger partial charge in [0.15, 0.2) is 0 Å². The Morgan fingerprint density at radius 1 is 1.00 bits per heavy atom. The lowest BCUT2D eigenvalue weighted by Crippen LogP contribution is -2.19. The number of rotatable bonds is 6. The smallest absolute Gasteiger partial charge is 0.254 e. The van der Waals surface area contributed by atoms with E-state index in [4.69, 9.17) is 9.47 Å². The Hall–Kier alpha value is -3.41. The Morgan fingerprint density at radius 3 is 2.52 bits per heavy atom. The molecule has 138 valence electrons. The Bertz CT molecular complexity index is 957. The SMILES string of the molecule is CNC(=O)c1cc(Cc2cc(-c3ccccc3OC)ncn2)ccc1OC. The molecule has 0 radical (unpaired) electrons. The molecule has 0 spiro atoms. The molecule has 0 saturated heterocycles. The zero-order valence-corrected chi connectivity index (χ0v) is 15.5. The topological polar surface area (TPSA) is 73.3 Å². The number of carbonyl (C=O) groups excluding carboxylic acids is 1. The molecule has 6 nitrogen and oxygen atoms in total. The van der Waals surface area contributed by atoms with Crippen molar-refractivity contribution in [3.05, 3.63) is 71.7 Å². The lowest BCUT2D eigenvalue weighted by Gasteiger charge is -2.11. The van der Waals surface area contributed by atoms with Crippen molar-refractivity contribution in [1.82, 2.24) is 15.3 Å². The molecule has 2 aromatic carbocycles. The predicted molar refractivity (Wildman–Crippen MR) is 103 cm³/mol. The molecule has 3 aromatic rings. The molecule has 1 amide bonds. The highest BCUT2D eigenvalue weighted by Crippen LogP contribution is 2.28. The number of carbonyl (C=O) groups is 1. The average molecular weight is 363 g/mol. The summed E-state index contributed by atoms with van der Waals surface area (Å²) in [5.41, 5.74) is 4.00. The number of hydrogen-bond acceptors (Lipinski definition) is 5. The van der Waals surface area contributed by atoms with Gasteiger partial charge in [0.05, 0.1) is 25.5 Å². The number of methoxy groups -OCH3 is 2. The van der Waals surface area contributed by atoms with E-state index < -0.39 is 0 Å². The third-order valence-electron chi connectivity index (χ3n) is 4.23. The summed E-state index contributed by atoms with van der Waals surface area (Å²) in [6.45, 7) is 0. The van der Waals surface area contributed by atoms with Crippen LogP contribution >= 0.6 is 0 Å². The van der Waals surface area contributed by atoms with E-state index in [0.29, 0.717) is 17.7 Å². The lowest BCUT2D eigenvalue weighted by molar-refractivity contribution is 0.0960. The van der Waals surface area contributed by atoms with E-state index >= 15 is 0 Å². The number of nitrogens with zero attached hydrogens (tertiary/aromatic N) is 2. The molecule has 0 bridgehead atoms. The first-order valence-corrected chi connectivity index (χ1v) is 8.49. The van der Waals surface area contributed by atoms with E-state index in [1.165, 1.54) is 0 Å². The third kappa shape index (κ3) is 4.06. The van der Waals surface area contributed by atoms with E-state index in [0.717, 1.165) is 28.3 Å². The first-order valence-electron chi connectivity index (χ1n) is 8.49. The van der Waals surface area contributed by atoms with Gasteiger partial charge >= 0.3 is 0 Å². The molecule has 0 fully saturated rings. The van der Waals surface area contributed by atoms with Crippen LogP contribution in [0.15, 0.2) is 54.9 Å². The molecular weight excluding hydrogens is 342 g/mol. The maximum Gasteiger partial charge on any atom is 0.254 e. The predicted octanol–water partition coefficient (Wildman–Crippen LogP) is 3.11. The molecule has 0 atom stereocenters. The first-order chi connectivity index (χ1) is 13.2. The summed E-state index contributed by atoms with van der Waals surface area (Å²) in [4.78, 5) is 20.8. The largest absolute Gasteiger partial charge is 0.496 e. The highest BCUT2D eigenvalue weighted by Gasteiger charge is 2.13. The minimum atomic E-state index is -0.189. The van der Waals surface area contributed by atoms with Crippen molar-refractivity contribution in [2.24, 2.45) is 0 Å². The van der Waals surface area contributed by atoms with Crippen molar-refractivity contribution in [3.63, 3.8) is 0 Å². The Morgan fingerprint density at radius 2 is 1.78 bits per heavy atom. The summed E-state index contributed by atoms with van der Waals surface area (Å²) in [6.07, 6.45) is 2.11. The fourth-order valence-corrected chi connectivity index (χ4v) is 2.88. The van der Waals surface area contributed by atoms with Crippen LogP contribution in [0.5, 0.6) is 11.5 Å². The number of para-hydroxylation sites is 1. The van der Waals surface area contributed by atoms with Crippen LogP contribution in [0.25, 0.3) is 11.3 Å². The van der Waals surface area contributed by atoms with Crippen molar-refractivity contribution < 1.29 is 14.3 Å². The molecule has 3 rings (SSSR count). The monoisotopic (exact) mass is 363 g/mol. The number of aromatic nitrogens is 2. The van der Waals surface area contributed by atoms with E-state index in [1.54, 1.807) is 33.7 Å². The van der Waals surface area contributed by atoms with Gasteiger partial charge < -0.3 is 14.8 Å². The molecule has 6 heteroatoms. The van der Waals surface area contributed by atoms with Gasteiger partial charge in [0, 0.05) is 24.7 Å². The summed E-state index contributed by atoms with van der Waals surface area (Å²) >= 11 is 0. The van der Waals surface area contributed by atoms with Crippen LogP contribution in [0.1, 0.15) is 21.6 Å². The zero-order chi connectivity index (χ0) is 19.2. The number of ether oxygens (including phenoxy) is 2. The van der Waals surface area contributed by atoms with Crippen LogP contribution in [0.4, 0.5) is 0 Å². The van der Waals surface area contributed by atoms with Crippen molar-refractivity contribution in [1.29, 1.82) is 0 Å². The van der Waals surface area contributed by atoms with Gasteiger partial charge in [-0.15, -0.1) is 0 Å². The number of amides is 1. The van der Waals surface area contributed by atoms with Gasteiger partial charge in [-0.25, -0.2) is 9.97 Å². The van der Waals surface area contributed by atoms with E-state index in [-0.39, 0.29) is 5.91 Å². The highest BCUT2D eigenvalue weighted by atomic mass is 16.5. The van der Waals surface area contributed by atoms with Crippen LogP contribution in [0, 0.1) is 0 Å². The second kappa shape index (κ2) is 8.31. The van der Waals surface area contributed by atoms with Crippen molar-refractivity contribution in [2.75, 3.05) is 21.3 Å². The number of nitrogens with one attached hydrogen (secondary N) is 1. The fraction of sp³-hybridized carbons (Fsp3) is 0.190. The Kier molecular flexibility index (Phi) is 5.66. The summed E-state index contributed by atoms with van der Waals surface area (Å²) in [7, 11) is 4.78. The molecule has 27 heavy (non-hydrogen) atoms. The van der Waals surface area contributed by atoms with Crippen molar-refractivity contribution >= 4 is 5.91 Å². The number of hydrogen-bond donors (Lipinski definition) is 1. The second-order valence-corrected chi connectivity index (χ2v) is 5.89. The normalized spacial score (nSPS) is 10.3. The van der Waals surface area contributed by atoms with Crippen molar-refractivity contribution in [2.45, 2.75) is 6.42 Å². The fourth-order valence-electron chi connectivity index (χ4n) is 2.88. The zero-order valence-electron chi connectivity index (χ0n) is 15.5. The first kappa shape index (κ1) is 18.4. The third-order valence-corrected chi connectivity index (χ3v) is 4.23. The van der Waals surface area contributed by atoms with Gasteiger partial charge in [0.2, 0.25) is 0 Å². The minimum Gasteiger partial charge on any atom is -0.496 e. The lowest BCUT2D eigenvalue weighted by atomic mass is 10.0. The summed E-state index contributed by atoms with van der Waals surface area (Å²) < 4.78 is 10.7. The summed E-state index contributed by atoms with van der Waals surface area (Å²) in [6, 6.07) is 15.2. The Labute approximate surface area is 158 Å². The quantitative estimate of drug-likeness (QED) is 0.728. The van der Waals surface area contributed by atoms with Crippen LogP contribution in [-0.4, -0.2) is 37.1 Å².